The maximum absolute atomic E-state index is 6.93. The minimum Gasteiger partial charge on any atom is -0.368 e. The van der Waals surface area contributed by atoms with Crippen molar-refractivity contribution in [2.75, 3.05) is 13.2 Å². The van der Waals surface area contributed by atoms with Gasteiger partial charge in [-0.15, -0.1) is 0 Å². The van der Waals surface area contributed by atoms with Crippen LogP contribution in [0.5, 0.6) is 0 Å². The quantitative estimate of drug-likeness (QED) is 0.124. The first-order valence-corrected chi connectivity index (χ1v) is 19.9. The Bertz CT molecular complexity index is 1810. The van der Waals surface area contributed by atoms with Gasteiger partial charge in [0.15, 0.2) is 24.2 Å². The average molecular weight is 783 g/mol. The topological polar surface area (TPSA) is 102 Å². The summed E-state index contributed by atoms with van der Waals surface area (Å²) >= 11 is 0. The number of hydrogen-bond acceptors (Lipinski definition) is 11. The molecule has 8 rings (SSSR count). The lowest BCUT2D eigenvalue weighted by atomic mass is 9.99. The molecular weight excluding hydrogens is 728 g/mol. The highest BCUT2D eigenvalue weighted by Crippen LogP contribution is 2.44. The molecule has 4 saturated heterocycles. The van der Waals surface area contributed by atoms with Gasteiger partial charge in [0.1, 0.15) is 48.8 Å². The van der Waals surface area contributed by atoms with Gasteiger partial charge in [-0.1, -0.05) is 121 Å². The first-order chi connectivity index (χ1) is 27.7. The monoisotopic (exact) mass is 782 g/mol. The lowest BCUT2D eigenvalue weighted by molar-refractivity contribution is -0.276. The second-order valence-corrected chi connectivity index (χ2v) is 15.9. The van der Waals surface area contributed by atoms with Crippen molar-refractivity contribution in [3.8, 4) is 0 Å². The summed E-state index contributed by atoms with van der Waals surface area (Å²) in [5, 5.41) is 0. The van der Waals surface area contributed by atoms with Gasteiger partial charge in [0, 0.05) is 0 Å². The Balaban J connectivity index is 1.11. The molecule has 4 aromatic carbocycles. The SMILES string of the molecule is CC1(C)O[C@H]2[C@@H](O1)[C@@H](CO[C@H]1OC[C@@H](OCc3ccccc3)[C@H](OCc3ccccc3)[C@@H](OCc3ccccc3)[C@@H]1OCc1ccccc1)O[C@@H]1OC(C)(C)O[C@@H]12. The van der Waals surface area contributed by atoms with Gasteiger partial charge in [-0.3, -0.25) is 0 Å². The minimum atomic E-state index is -0.921. The summed E-state index contributed by atoms with van der Waals surface area (Å²) in [4.78, 5) is 0. The van der Waals surface area contributed by atoms with E-state index < -0.39 is 73.0 Å². The van der Waals surface area contributed by atoms with Crippen molar-refractivity contribution in [3.63, 3.8) is 0 Å². The molecule has 0 saturated carbocycles. The highest BCUT2D eigenvalue weighted by atomic mass is 16.9. The molecule has 11 nitrogen and oxygen atoms in total. The predicted octanol–water partition coefficient (Wildman–Crippen LogP) is 7.10. The van der Waals surface area contributed by atoms with Crippen molar-refractivity contribution in [2.45, 2.75) is 127 Å². The normalized spacial score (nSPS) is 31.6. The standard InChI is InChI=1S/C46H54O11/c1-45(2)54-38-36(53-44-42(40(38)55-45)56-46(3,4)57-44)30-52-43-41(50-28-34-23-15-8-16-24-34)39(49-27-33-21-13-7-14-22-33)37(48-26-32-19-11-6-12-20-32)35(29-51-43)47-25-31-17-9-5-10-18-31/h5-24,35-44H,25-30H2,1-4H3/t35-,36-,37+,38+,39-,40+,41+,42-,43-,44-/m1/s1. The number of ether oxygens (including phenoxy) is 11. The van der Waals surface area contributed by atoms with Gasteiger partial charge in [-0.05, 0) is 49.9 Å². The molecule has 0 amide bonds. The molecule has 4 aliphatic heterocycles. The lowest BCUT2D eigenvalue weighted by Gasteiger charge is -2.39. The number of fused-ring (bicyclic) bond motifs is 3. The van der Waals surface area contributed by atoms with Crippen LogP contribution in [0.1, 0.15) is 49.9 Å². The molecule has 0 unspecified atom stereocenters. The maximum Gasteiger partial charge on any atom is 0.190 e. The molecule has 4 aliphatic rings. The lowest BCUT2D eigenvalue weighted by Crippen LogP contribution is -2.57. The van der Waals surface area contributed by atoms with Crippen LogP contribution in [-0.4, -0.2) is 86.2 Å². The molecule has 0 spiro atoms. The van der Waals surface area contributed by atoms with Gasteiger partial charge in [-0.25, -0.2) is 0 Å². The van der Waals surface area contributed by atoms with Crippen molar-refractivity contribution in [1.29, 1.82) is 0 Å². The van der Waals surface area contributed by atoms with E-state index in [4.69, 9.17) is 52.1 Å². The van der Waals surface area contributed by atoms with Gasteiger partial charge >= 0.3 is 0 Å². The molecule has 0 aliphatic carbocycles. The van der Waals surface area contributed by atoms with Crippen molar-refractivity contribution >= 4 is 0 Å². The molecule has 4 fully saturated rings. The van der Waals surface area contributed by atoms with Crippen LogP contribution in [0.25, 0.3) is 0 Å². The molecule has 0 aromatic heterocycles. The number of benzene rings is 4. The Hall–Kier alpha value is -3.56. The van der Waals surface area contributed by atoms with Crippen molar-refractivity contribution in [1.82, 2.24) is 0 Å². The zero-order valence-corrected chi connectivity index (χ0v) is 33.1. The van der Waals surface area contributed by atoms with Crippen LogP contribution in [0.2, 0.25) is 0 Å². The first kappa shape index (κ1) is 40.2. The van der Waals surface area contributed by atoms with Gasteiger partial charge in [0.25, 0.3) is 0 Å². The zero-order chi connectivity index (χ0) is 39.2. The summed E-state index contributed by atoms with van der Waals surface area (Å²) in [6.45, 7) is 8.99. The number of rotatable bonds is 15. The van der Waals surface area contributed by atoms with Crippen LogP contribution in [0.15, 0.2) is 121 Å². The molecule has 11 heteroatoms. The Morgan fingerprint density at radius 3 is 1.46 bits per heavy atom. The summed E-state index contributed by atoms with van der Waals surface area (Å²) in [6, 6.07) is 40.2. The fourth-order valence-electron chi connectivity index (χ4n) is 7.88. The van der Waals surface area contributed by atoms with Gasteiger partial charge in [0.2, 0.25) is 0 Å². The van der Waals surface area contributed by atoms with E-state index in [0.29, 0.717) is 19.8 Å². The van der Waals surface area contributed by atoms with Crippen LogP contribution in [0, 0.1) is 0 Å². The molecule has 57 heavy (non-hydrogen) atoms. The highest BCUT2D eigenvalue weighted by molar-refractivity contribution is 5.16. The smallest absolute Gasteiger partial charge is 0.190 e. The second-order valence-electron chi connectivity index (χ2n) is 15.9. The molecular formula is C46H54O11. The van der Waals surface area contributed by atoms with Crippen LogP contribution in [0.4, 0.5) is 0 Å². The van der Waals surface area contributed by atoms with Crippen molar-refractivity contribution in [2.24, 2.45) is 0 Å². The Labute approximate surface area is 335 Å². The van der Waals surface area contributed by atoms with Crippen LogP contribution in [0.3, 0.4) is 0 Å². The van der Waals surface area contributed by atoms with Crippen molar-refractivity contribution in [3.05, 3.63) is 144 Å². The fourth-order valence-corrected chi connectivity index (χ4v) is 7.88. The maximum atomic E-state index is 6.93. The molecule has 0 bridgehead atoms. The molecule has 0 radical (unpaired) electrons. The van der Waals surface area contributed by atoms with E-state index in [1.165, 1.54) is 0 Å². The Morgan fingerprint density at radius 2 is 0.912 bits per heavy atom. The third kappa shape index (κ3) is 10.2. The van der Waals surface area contributed by atoms with Gasteiger partial charge < -0.3 is 52.1 Å². The minimum absolute atomic E-state index is 0.0833. The molecule has 4 heterocycles. The largest absolute Gasteiger partial charge is 0.368 e. The summed E-state index contributed by atoms with van der Waals surface area (Å²) in [5.74, 6) is -1.70. The predicted molar refractivity (Wildman–Crippen MR) is 208 cm³/mol. The molecule has 4 aromatic rings. The van der Waals surface area contributed by atoms with Crippen LogP contribution < -0.4 is 0 Å². The van der Waals surface area contributed by atoms with E-state index in [0.717, 1.165) is 22.3 Å². The van der Waals surface area contributed by atoms with E-state index >= 15 is 0 Å². The molecule has 10 atom stereocenters. The summed E-state index contributed by atoms with van der Waals surface area (Å²) < 4.78 is 72.6. The fraction of sp³-hybridized carbons (Fsp3) is 0.478. The van der Waals surface area contributed by atoms with E-state index in [1.807, 2.05) is 149 Å². The Morgan fingerprint density at radius 1 is 0.474 bits per heavy atom. The van der Waals surface area contributed by atoms with E-state index in [2.05, 4.69) is 0 Å². The second kappa shape index (κ2) is 18.1. The third-order valence-electron chi connectivity index (χ3n) is 10.5. The van der Waals surface area contributed by atoms with Gasteiger partial charge in [0.05, 0.1) is 39.6 Å². The van der Waals surface area contributed by atoms with Gasteiger partial charge in [-0.2, -0.15) is 0 Å². The van der Waals surface area contributed by atoms with Crippen LogP contribution in [-0.2, 0) is 78.5 Å². The molecule has 0 N–H and O–H groups in total. The summed E-state index contributed by atoms with van der Waals surface area (Å²) in [5.41, 5.74) is 4.04. The van der Waals surface area contributed by atoms with E-state index in [9.17, 15) is 0 Å². The van der Waals surface area contributed by atoms with E-state index in [1.54, 1.807) is 0 Å². The summed E-state index contributed by atoms with van der Waals surface area (Å²) in [6.07, 6.45) is -6.18. The van der Waals surface area contributed by atoms with Crippen molar-refractivity contribution < 1.29 is 52.1 Å². The first-order valence-electron chi connectivity index (χ1n) is 19.9. The summed E-state index contributed by atoms with van der Waals surface area (Å²) in [7, 11) is 0. The highest BCUT2D eigenvalue weighted by Gasteiger charge is 2.61. The number of hydrogen-bond donors (Lipinski definition) is 0. The molecule has 304 valence electrons. The van der Waals surface area contributed by atoms with E-state index in [-0.39, 0.29) is 19.8 Å². The zero-order valence-electron chi connectivity index (χ0n) is 33.1. The average Bonchev–Trinajstić information content (AvgIpc) is 3.68. The third-order valence-corrected chi connectivity index (χ3v) is 10.5. The van der Waals surface area contributed by atoms with Crippen LogP contribution >= 0.6 is 0 Å². The Kier molecular flexibility index (Phi) is 12.8.